The first-order chi connectivity index (χ1) is 9.81. The van der Waals surface area contributed by atoms with Crippen molar-refractivity contribution in [3.63, 3.8) is 0 Å². The highest BCUT2D eigenvalue weighted by atomic mass is 16.5. The number of hydrogen-bond acceptors (Lipinski definition) is 3. The largest absolute Gasteiger partial charge is 0.377 e. The van der Waals surface area contributed by atoms with E-state index in [4.69, 9.17) is 10.5 Å². The molecule has 2 aliphatic heterocycles. The maximum Gasteiger partial charge on any atom is 0.244 e. The molecule has 2 saturated heterocycles. The van der Waals surface area contributed by atoms with Crippen LogP contribution in [0.25, 0.3) is 0 Å². The van der Waals surface area contributed by atoms with Crippen molar-refractivity contribution < 1.29 is 9.53 Å². The van der Waals surface area contributed by atoms with E-state index in [-0.39, 0.29) is 23.3 Å². The molecular formula is C17H30N2O2. The van der Waals surface area contributed by atoms with Crippen molar-refractivity contribution in [2.75, 3.05) is 6.61 Å². The lowest BCUT2D eigenvalue weighted by Crippen LogP contribution is -2.83. The number of rotatable bonds is 1. The van der Waals surface area contributed by atoms with E-state index in [1.165, 1.54) is 6.42 Å². The normalized spacial score (nSPS) is 45.7. The minimum absolute atomic E-state index is 0.149. The van der Waals surface area contributed by atoms with Gasteiger partial charge in [-0.05, 0) is 46.0 Å². The minimum Gasteiger partial charge on any atom is -0.377 e. The van der Waals surface area contributed by atoms with Gasteiger partial charge in [0.25, 0.3) is 0 Å². The molecule has 120 valence electrons. The molecule has 0 aromatic rings. The van der Waals surface area contributed by atoms with E-state index < -0.39 is 5.54 Å². The lowest BCUT2D eigenvalue weighted by molar-refractivity contribution is -0.232. The summed E-state index contributed by atoms with van der Waals surface area (Å²) in [4.78, 5) is 15.4. The van der Waals surface area contributed by atoms with Gasteiger partial charge < -0.3 is 15.4 Å². The molecule has 0 spiro atoms. The van der Waals surface area contributed by atoms with Crippen LogP contribution < -0.4 is 5.73 Å². The number of piperidine rings is 1. The van der Waals surface area contributed by atoms with Gasteiger partial charge in [0.1, 0.15) is 5.54 Å². The summed E-state index contributed by atoms with van der Waals surface area (Å²) in [5.74, 6) is 0.356. The van der Waals surface area contributed by atoms with Crippen molar-refractivity contribution in [3.8, 4) is 0 Å². The smallest absolute Gasteiger partial charge is 0.244 e. The molecule has 3 fully saturated rings. The van der Waals surface area contributed by atoms with Gasteiger partial charge in [-0.2, -0.15) is 0 Å². The Hall–Kier alpha value is -0.610. The first-order valence-electron chi connectivity index (χ1n) is 8.55. The topological polar surface area (TPSA) is 55.6 Å². The Balaban J connectivity index is 1.88. The predicted octanol–water partition coefficient (Wildman–Crippen LogP) is 2.31. The second-order valence-corrected chi connectivity index (χ2v) is 7.97. The van der Waals surface area contributed by atoms with Gasteiger partial charge in [0, 0.05) is 30.0 Å². The maximum atomic E-state index is 13.3. The van der Waals surface area contributed by atoms with Crippen molar-refractivity contribution in [3.05, 3.63) is 0 Å². The first kappa shape index (κ1) is 15.3. The van der Waals surface area contributed by atoms with Crippen LogP contribution in [0.2, 0.25) is 0 Å². The third-order valence-electron chi connectivity index (χ3n) is 6.47. The van der Waals surface area contributed by atoms with E-state index in [2.05, 4.69) is 32.6 Å². The number of nitrogens with two attached hydrogens (primary N) is 1. The highest BCUT2D eigenvalue weighted by Gasteiger charge is 2.71. The van der Waals surface area contributed by atoms with E-state index in [0.29, 0.717) is 12.1 Å². The van der Waals surface area contributed by atoms with E-state index in [9.17, 15) is 4.79 Å². The van der Waals surface area contributed by atoms with Crippen molar-refractivity contribution in [1.82, 2.24) is 4.90 Å². The van der Waals surface area contributed by atoms with Gasteiger partial charge in [-0.1, -0.05) is 13.8 Å². The Labute approximate surface area is 128 Å². The van der Waals surface area contributed by atoms with Gasteiger partial charge in [0.2, 0.25) is 5.91 Å². The second-order valence-electron chi connectivity index (χ2n) is 7.97. The molecule has 21 heavy (non-hydrogen) atoms. The molecular weight excluding hydrogens is 264 g/mol. The average molecular weight is 294 g/mol. The SMILES string of the molecule is C[C@@H]1CCC[C@H](C)N1C(=O)C1(N)C2CCCOC2C1(C)C. The molecule has 0 aromatic carbocycles. The number of likely N-dealkylation sites (tertiary alicyclic amines) is 1. The summed E-state index contributed by atoms with van der Waals surface area (Å²) in [6.07, 6.45) is 5.59. The van der Waals surface area contributed by atoms with Crippen LogP contribution in [0.4, 0.5) is 0 Å². The third kappa shape index (κ3) is 1.91. The Kier molecular flexibility index (Phi) is 3.61. The highest BCUT2D eigenvalue weighted by molar-refractivity contribution is 5.90. The quantitative estimate of drug-likeness (QED) is 0.807. The zero-order valence-electron chi connectivity index (χ0n) is 13.9. The van der Waals surface area contributed by atoms with Crippen LogP contribution in [0.5, 0.6) is 0 Å². The summed E-state index contributed by atoms with van der Waals surface area (Å²) < 4.78 is 5.93. The average Bonchev–Trinajstić information content (AvgIpc) is 2.46. The van der Waals surface area contributed by atoms with Crippen LogP contribution in [0, 0.1) is 11.3 Å². The molecule has 4 nitrogen and oxygen atoms in total. The van der Waals surface area contributed by atoms with Crippen molar-refractivity contribution in [1.29, 1.82) is 0 Å². The van der Waals surface area contributed by atoms with Gasteiger partial charge in [0.15, 0.2) is 0 Å². The van der Waals surface area contributed by atoms with Crippen molar-refractivity contribution >= 4 is 5.91 Å². The predicted molar refractivity (Wildman–Crippen MR) is 82.8 cm³/mol. The molecule has 0 radical (unpaired) electrons. The molecule has 3 rings (SSSR count). The van der Waals surface area contributed by atoms with Gasteiger partial charge in [-0.25, -0.2) is 0 Å². The number of nitrogens with zero attached hydrogens (tertiary/aromatic N) is 1. The number of amides is 1. The molecule has 5 atom stereocenters. The zero-order valence-corrected chi connectivity index (χ0v) is 13.9. The minimum atomic E-state index is -0.752. The fourth-order valence-electron chi connectivity index (χ4n) is 5.05. The van der Waals surface area contributed by atoms with E-state index >= 15 is 0 Å². The molecule has 3 aliphatic rings. The number of carbonyl (C=O) groups is 1. The van der Waals surface area contributed by atoms with Gasteiger partial charge in [-0.3, -0.25) is 4.79 Å². The molecule has 1 amide bonds. The molecule has 0 aromatic heterocycles. The van der Waals surface area contributed by atoms with E-state index in [1.54, 1.807) is 0 Å². The molecule has 2 heterocycles. The molecule has 1 saturated carbocycles. The van der Waals surface area contributed by atoms with E-state index in [1.807, 2.05) is 0 Å². The van der Waals surface area contributed by atoms with Crippen LogP contribution in [0.3, 0.4) is 0 Å². The molecule has 0 bridgehead atoms. The van der Waals surface area contributed by atoms with Crippen LogP contribution in [0.15, 0.2) is 0 Å². The summed E-state index contributed by atoms with van der Waals surface area (Å²) in [6.45, 7) is 9.35. The maximum absolute atomic E-state index is 13.3. The van der Waals surface area contributed by atoms with E-state index in [0.717, 1.165) is 32.3 Å². The number of hydrogen-bond donors (Lipinski definition) is 1. The lowest BCUT2D eigenvalue weighted by atomic mass is 9.46. The number of carbonyl (C=O) groups excluding carboxylic acids is 1. The number of fused-ring (bicyclic) bond motifs is 1. The second kappa shape index (κ2) is 4.95. The molecule has 4 heteroatoms. The first-order valence-corrected chi connectivity index (χ1v) is 8.55. The summed E-state index contributed by atoms with van der Waals surface area (Å²) in [6, 6.07) is 0.613. The Morgan fingerprint density at radius 1 is 1.14 bits per heavy atom. The zero-order chi connectivity index (χ0) is 15.4. The Morgan fingerprint density at radius 3 is 2.38 bits per heavy atom. The lowest BCUT2D eigenvalue weighted by Gasteiger charge is -2.66. The summed E-state index contributed by atoms with van der Waals surface area (Å²) in [7, 11) is 0. The van der Waals surface area contributed by atoms with Crippen LogP contribution in [-0.4, -0.2) is 41.1 Å². The summed E-state index contributed by atoms with van der Waals surface area (Å²) >= 11 is 0. The Bertz CT molecular complexity index is 427. The summed E-state index contributed by atoms with van der Waals surface area (Å²) in [5.41, 5.74) is 5.74. The summed E-state index contributed by atoms with van der Waals surface area (Å²) in [5, 5.41) is 0. The van der Waals surface area contributed by atoms with Crippen LogP contribution >= 0.6 is 0 Å². The van der Waals surface area contributed by atoms with Crippen LogP contribution in [-0.2, 0) is 9.53 Å². The van der Waals surface area contributed by atoms with Gasteiger partial charge >= 0.3 is 0 Å². The monoisotopic (exact) mass is 294 g/mol. The van der Waals surface area contributed by atoms with Gasteiger partial charge in [0.05, 0.1) is 6.10 Å². The van der Waals surface area contributed by atoms with Crippen molar-refractivity contribution in [2.24, 2.45) is 17.1 Å². The number of ether oxygens (including phenoxy) is 1. The fraction of sp³-hybridized carbons (Fsp3) is 0.941. The highest BCUT2D eigenvalue weighted by Crippen LogP contribution is 2.58. The molecule has 2 N–H and O–H groups in total. The van der Waals surface area contributed by atoms with Crippen molar-refractivity contribution in [2.45, 2.75) is 83.5 Å². The van der Waals surface area contributed by atoms with Gasteiger partial charge in [-0.15, -0.1) is 0 Å². The standard InChI is InChI=1S/C17H30N2O2/c1-11-7-5-8-12(2)19(11)15(20)17(18)13-9-6-10-21-14(13)16(17,3)4/h11-14H,5-10,18H2,1-4H3/t11-,12+,13?,14?,17?. The molecule has 1 aliphatic carbocycles. The van der Waals surface area contributed by atoms with Crippen LogP contribution in [0.1, 0.15) is 59.8 Å². The molecule has 3 unspecified atom stereocenters. The Morgan fingerprint density at radius 2 is 1.76 bits per heavy atom. The third-order valence-corrected chi connectivity index (χ3v) is 6.47. The fourth-order valence-corrected chi connectivity index (χ4v) is 5.05.